The lowest BCUT2D eigenvalue weighted by molar-refractivity contribution is -0.126. The number of H-pyrrole nitrogens is 1. The number of hydrogen-bond donors (Lipinski definition) is 4. The van der Waals surface area contributed by atoms with Crippen LogP contribution in [-0.2, 0) is 16.1 Å². The Bertz CT molecular complexity index is 714. The molecule has 27 heavy (non-hydrogen) atoms. The summed E-state index contributed by atoms with van der Waals surface area (Å²) in [6.07, 6.45) is 7.66. The van der Waals surface area contributed by atoms with Crippen LogP contribution in [0.15, 0.2) is 17.2 Å². The van der Waals surface area contributed by atoms with Gasteiger partial charge in [-0.05, 0) is 31.6 Å². The fourth-order valence-electron chi connectivity index (χ4n) is 4.13. The molecule has 3 rings (SSSR count). The van der Waals surface area contributed by atoms with Gasteiger partial charge in [-0.3, -0.25) is 14.4 Å². The second kappa shape index (κ2) is 9.12. The first kappa shape index (κ1) is 19.5. The first-order chi connectivity index (χ1) is 13.0. The summed E-state index contributed by atoms with van der Waals surface area (Å²) in [6, 6.07) is 0.951. The van der Waals surface area contributed by atoms with Crippen LogP contribution in [0, 0.1) is 11.8 Å². The molecule has 0 aromatic carbocycles. The Morgan fingerprint density at radius 3 is 2.74 bits per heavy atom. The summed E-state index contributed by atoms with van der Waals surface area (Å²) < 4.78 is 0. The zero-order valence-electron chi connectivity index (χ0n) is 15.4. The van der Waals surface area contributed by atoms with Gasteiger partial charge in [-0.2, -0.15) is 0 Å². The van der Waals surface area contributed by atoms with E-state index in [1.54, 1.807) is 0 Å². The van der Waals surface area contributed by atoms with Crippen molar-refractivity contribution >= 4 is 11.8 Å². The van der Waals surface area contributed by atoms with Crippen molar-refractivity contribution in [2.24, 2.45) is 11.8 Å². The minimum atomic E-state index is -0.714. The molecule has 0 aliphatic heterocycles. The van der Waals surface area contributed by atoms with Crippen LogP contribution in [0.5, 0.6) is 0 Å². The van der Waals surface area contributed by atoms with Gasteiger partial charge in [0.1, 0.15) is 0 Å². The number of nitrogens with one attached hydrogen (secondary N) is 3. The molecule has 148 valence electrons. The Balaban J connectivity index is 1.44. The van der Waals surface area contributed by atoms with E-state index in [-0.39, 0.29) is 35.9 Å². The number of nitrogens with zero attached hydrogens (tertiary/aromatic N) is 1. The maximum absolute atomic E-state index is 12.3. The Kier molecular flexibility index (Phi) is 6.60. The molecule has 8 nitrogen and oxygen atoms in total. The number of rotatable bonds is 6. The molecule has 2 fully saturated rings. The minimum Gasteiger partial charge on any atom is -0.391 e. The van der Waals surface area contributed by atoms with Gasteiger partial charge in [-0.1, -0.05) is 19.3 Å². The van der Waals surface area contributed by atoms with E-state index in [1.165, 1.54) is 31.7 Å². The predicted molar refractivity (Wildman–Crippen MR) is 98.6 cm³/mol. The van der Waals surface area contributed by atoms with Gasteiger partial charge in [0.05, 0.1) is 30.7 Å². The van der Waals surface area contributed by atoms with Crippen LogP contribution >= 0.6 is 0 Å². The van der Waals surface area contributed by atoms with E-state index in [2.05, 4.69) is 20.6 Å². The van der Waals surface area contributed by atoms with Gasteiger partial charge >= 0.3 is 0 Å². The number of aliphatic hydroxyl groups is 1. The average Bonchev–Trinajstić information content (AvgIpc) is 3.01. The summed E-state index contributed by atoms with van der Waals surface area (Å²) in [4.78, 5) is 42.3. The maximum atomic E-state index is 12.3. The second-order valence-corrected chi connectivity index (χ2v) is 7.74. The van der Waals surface area contributed by atoms with Crippen molar-refractivity contribution in [3.05, 3.63) is 28.4 Å². The molecule has 0 bridgehead atoms. The molecule has 2 amide bonds. The van der Waals surface area contributed by atoms with Crippen molar-refractivity contribution in [3.63, 3.8) is 0 Å². The average molecular weight is 376 g/mol. The SMILES string of the molecule is O=C(CC1CCCCC1)N[C@@H]1C[C@H](C(=O)NCc2cc(=O)[nH]cn2)C[C@H]1O. The van der Waals surface area contributed by atoms with Crippen molar-refractivity contribution in [1.29, 1.82) is 0 Å². The Hall–Kier alpha value is -2.22. The van der Waals surface area contributed by atoms with Crippen molar-refractivity contribution in [3.8, 4) is 0 Å². The molecule has 4 N–H and O–H groups in total. The molecule has 0 spiro atoms. The largest absolute Gasteiger partial charge is 0.391 e. The van der Waals surface area contributed by atoms with Gasteiger partial charge in [0.2, 0.25) is 11.8 Å². The fourth-order valence-corrected chi connectivity index (χ4v) is 4.13. The summed E-state index contributed by atoms with van der Waals surface area (Å²) in [5.74, 6) is -0.139. The lowest BCUT2D eigenvalue weighted by atomic mass is 9.87. The number of aromatic amines is 1. The zero-order valence-corrected chi connectivity index (χ0v) is 15.4. The molecule has 1 aromatic rings. The van der Waals surface area contributed by atoms with Crippen molar-refractivity contribution in [1.82, 2.24) is 20.6 Å². The molecule has 0 unspecified atom stereocenters. The van der Waals surface area contributed by atoms with Crippen LogP contribution in [0.2, 0.25) is 0 Å². The molecule has 0 radical (unpaired) electrons. The van der Waals surface area contributed by atoms with Crippen molar-refractivity contribution in [2.75, 3.05) is 0 Å². The molecule has 2 saturated carbocycles. The summed E-state index contributed by atoms with van der Waals surface area (Å²) in [7, 11) is 0. The Morgan fingerprint density at radius 2 is 2.00 bits per heavy atom. The van der Waals surface area contributed by atoms with Crippen LogP contribution in [0.4, 0.5) is 0 Å². The molecule has 2 aliphatic rings. The minimum absolute atomic E-state index is 0.0280. The first-order valence-electron chi connectivity index (χ1n) is 9.80. The second-order valence-electron chi connectivity index (χ2n) is 7.74. The number of amides is 2. The van der Waals surface area contributed by atoms with Gasteiger partial charge in [0.25, 0.3) is 5.56 Å². The van der Waals surface area contributed by atoms with Crippen molar-refractivity contribution in [2.45, 2.75) is 70.1 Å². The third-order valence-electron chi connectivity index (χ3n) is 5.62. The smallest absolute Gasteiger partial charge is 0.250 e. The molecule has 3 atom stereocenters. The number of aromatic nitrogens is 2. The number of carbonyl (C=O) groups is 2. The molecule has 0 saturated heterocycles. The van der Waals surface area contributed by atoms with E-state index in [9.17, 15) is 19.5 Å². The molecule has 1 aromatic heterocycles. The fraction of sp³-hybridized carbons (Fsp3) is 0.684. The Labute approximate surface area is 158 Å². The standard InChI is InChI=1S/C19H28N4O4/c24-16-8-13(19(27)20-10-14-9-17(25)22-11-21-14)7-15(16)23-18(26)6-12-4-2-1-3-5-12/h9,11-13,15-16,24H,1-8,10H2,(H,20,27)(H,23,26)(H,21,22,25)/t13-,15+,16+/m0/s1. The third kappa shape index (κ3) is 5.63. The summed E-state index contributed by atoms with van der Waals surface area (Å²) in [5.41, 5.74) is 0.203. The molecular formula is C19H28N4O4. The van der Waals surface area contributed by atoms with Crippen LogP contribution in [0.1, 0.15) is 57.1 Å². The number of aliphatic hydroxyl groups excluding tert-OH is 1. The van der Waals surface area contributed by atoms with E-state index in [0.717, 1.165) is 12.8 Å². The molecule has 1 heterocycles. The third-order valence-corrected chi connectivity index (χ3v) is 5.62. The maximum Gasteiger partial charge on any atom is 0.250 e. The highest BCUT2D eigenvalue weighted by atomic mass is 16.3. The zero-order chi connectivity index (χ0) is 19.2. The van der Waals surface area contributed by atoms with Crippen LogP contribution in [0.25, 0.3) is 0 Å². The van der Waals surface area contributed by atoms with Gasteiger partial charge < -0.3 is 20.7 Å². The predicted octanol–water partition coefficient (Wildman–Crippen LogP) is 0.612. The monoisotopic (exact) mass is 376 g/mol. The highest BCUT2D eigenvalue weighted by Crippen LogP contribution is 2.28. The number of carbonyl (C=O) groups excluding carboxylic acids is 2. The van der Waals surface area contributed by atoms with E-state index < -0.39 is 6.10 Å². The topological polar surface area (TPSA) is 124 Å². The Morgan fingerprint density at radius 1 is 1.22 bits per heavy atom. The highest BCUT2D eigenvalue weighted by molar-refractivity contribution is 5.80. The summed E-state index contributed by atoms with van der Waals surface area (Å²) in [5, 5.41) is 15.9. The first-order valence-corrected chi connectivity index (χ1v) is 9.80. The van der Waals surface area contributed by atoms with Gasteiger partial charge in [-0.25, -0.2) is 4.98 Å². The molecule has 8 heteroatoms. The summed E-state index contributed by atoms with van der Waals surface area (Å²) >= 11 is 0. The van der Waals surface area contributed by atoms with E-state index in [0.29, 0.717) is 30.9 Å². The highest BCUT2D eigenvalue weighted by Gasteiger charge is 2.37. The van der Waals surface area contributed by atoms with Crippen LogP contribution in [0.3, 0.4) is 0 Å². The van der Waals surface area contributed by atoms with E-state index in [1.807, 2.05) is 0 Å². The van der Waals surface area contributed by atoms with E-state index >= 15 is 0 Å². The number of hydrogen-bond acceptors (Lipinski definition) is 5. The van der Waals surface area contributed by atoms with Crippen LogP contribution in [-0.4, -0.2) is 39.0 Å². The quantitative estimate of drug-likeness (QED) is 0.579. The lowest BCUT2D eigenvalue weighted by Gasteiger charge is -2.23. The normalized spacial score (nSPS) is 25.9. The van der Waals surface area contributed by atoms with Crippen molar-refractivity contribution < 1.29 is 14.7 Å². The van der Waals surface area contributed by atoms with Gasteiger partial charge in [-0.15, -0.1) is 0 Å². The molecular weight excluding hydrogens is 348 g/mol. The van der Waals surface area contributed by atoms with E-state index in [4.69, 9.17) is 0 Å². The lowest BCUT2D eigenvalue weighted by Crippen LogP contribution is -2.40. The van der Waals surface area contributed by atoms with Crippen LogP contribution < -0.4 is 16.2 Å². The summed E-state index contributed by atoms with van der Waals surface area (Å²) in [6.45, 7) is 0.161. The molecule has 2 aliphatic carbocycles. The van der Waals surface area contributed by atoms with Gasteiger partial charge in [0, 0.05) is 18.4 Å². The van der Waals surface area contributed by atoms with Gasteiger partial charge in [0.15, 0.2) is 0 Å².